The molecule has 0 radical (unpaired) electrons. The number of halogens is 1. The van der Waals surface area contributed by atoms with E-state index in [-0.39, 0.29) is 18.4 Å². The first-order valence-corrected chi connectivity index (χ1v) is 11.5. The van der Waals surface area contributed by atoms with Crippen LogP contribution in [0.5, 0.6) is 0 Å². The number of nitrogens with one attached hydrogen (secondary N) is 2. The molecule has 2 unspecified atom stereocenters. The van der Waals surface area contributed by atoms with Crippen molar-refractivity contribution in [2.75, 3.05) is 31.1 Å². The number of urea groups is 1. The molecular weight excluding hydrogens is 440 g/mol. The Kier molecular flexibility index (Phi) is 6.34. The zero-order chi connectivity index (χ0) is 23.8. The van der Waals surface area contributed by atoms with E-state index in [4.69, 9.17) is 11.6 Å². The summed E-state index contributed by atoms with van der Waals surface area (Å²) >= 11 is 6.16. The number of carbonyl (C=O) groups excluding carboxylic acids is 3. The summed E-state index contributed by atoms with van der Waals surface area (Å²) in [5, 5.41) is 6.35. The van der Waals surface area contributed by atoms with Gasteiger partial charge in [-0.3, -0.25) is 14.5 Å². The molecule has 2 aromatic carbocycles. The molecule has 2 fully saturated rings. The van der Waals surface area contributed by atoms with Crippen LogP contribution in [-0.2, 0) is 15.1 Å². The Morgan fingerprint density at radius 3 is 2.64 bits per heavy atom. The molecule has 2 atom stereocenters. The molecule has 4 amide bonds. The van der Waals surface area contributed by atoms with Crippen molar-refractivity contribution >= 4 is 35.1 Å². The van der Waals surface area contributed by atoms with E-state index < -0.39 is 17.5 Å². The molecule has 2 heterocycles. The highest BCUT2D eigenvalue weighted by Crippen LogP contribution is 2.30. The van der Waals surface area contributed by atoms with Gasteiger partial charge in [0.1, 0.15) is 12.1 Å². The first-order valence-electron chi connectivity index (χ1n) is 11.2. The maximum atomic E-state index is 13.0. The molecule has 0 aromatic heterocycles. The van der Waals surface area contributed by atoms with Gasteiger partial charge in [0.05, 0.1) is 0 Å². The second kappa shape index (κ2) is 9.06. The third-order valence-corrected chi connectivity index (χ3v) is 6.83. The Bertz CT molecular complexity index is 1090. The molecule has 8 heteroatoms. The first kappa shape index (κ1) is 23.1. The fourth-order valence-electron chi connectivity index (χ4n) is 4.52. The molecule has 0 bridgehead atoms. The predicted molar refractivity (Wildman–Crippen MR) is 128 cm³/mol. The summed E-state index contributed by atoms with van der Waals surface area (Å²) in [6, 6.07) is 12.7. The number of hydrogen-bond acceptors (Lipinski definition) is 4. The standard InChI is InChI=1S/C25H29ClN4O3/c1-16-4-7-19(8-5-16)25(3)23(32)30(24(33)28-25)15-22(31)27-13-18-10-11-29(14-18)21-12-20(26)9-6-17(21)2/h4-9,12,18H,10-11,13-15H2,1-3H3,(H,27,31)(H,28,33). The molecule has 0 saturated carbocycles. The van der Waals surface area contributed by atoms with E-state index in [2.05, 4.69) is 22.5 Å². The second-order valence-corrected chi connectivity index (χ2v) is 9.58. The molecule has 4 rings (SSSR count). The lowest BCUT2D eigenvalue weighted by molar-refractivity contribution is -0.134. The van der Waals surface area contributed by atoms with Crippen LogP contribution in [0.25, 0.3) is 0 Å². The lowest BCUT2D eigenvalue weighted by Gasteiger charge is -2.22. The van der Waals surface area contributed by atoms with Crippen molar-refractivity contribution in [1.82, 2.24) is 15.5 Å². The van der Waals surface area contributed by atoms with Gasteiger partial charge in [0.2, 0.25) is 5.91 Å². The number of hydrogen-bond donors (Lipinski definition) is 2. The van der Waals surface area contributed by atoms with E-state index in [1.165, 1.54) is 5.56 Å². The number of imide groups is 1. The predicted octanol–water partition coefficient (Wildman–Crippen LogP) is 3.37. The minimum absolute atomic E-state index is 0.285. The SMILES string of the molecule is Cc1ccc(C2(C)NC(=O)N(CC(=O)NCC3CCN(c4cc(Cl)ccc4C)C3)C2=O)cc1. The van der Waals surface area contributed by atoms with Crippen LogP contribution in [0, 0.1) is 19.8 Å². The van der Waals surface area contributed by atoms with Gasteiger partial charge in [-0.15, -0.1) is 0 Å². The van der Waals surface area contributed by atoms with Crippen LogP contribution in [0.3, 0.4) is 0 Å². The number of amides is 4. The molecule has 7 nitrogen and oxygen atoms in total. The maximum absolute atomic E-state index is 13.0. The zero-order valence-corrected chi connectivity index (χ0v) is 19.9. The molecule has 2 aliphatic heterocycles. The molecule has 2 saturated heterocycles. The van der Waals surface area contributed by atoms with E-state index in [0.29, 0.717) is 17.1 Å². The number of nitrogens with zero attached hydrogens (tertiary/aromatic N) is 2. The van der Waals surface area contributed by atoms with Crippen LogP contribution >= 0.6 is 11.6 Å². The van der Waals surface area contributed by atoms with Gasteiger partial charge in [-0.1, -0.05) is 47.5 Å². The highest BCUT2D eigenvalue weighted by molar-refractivity contribution is 6.30. The van der Waals surface area contributed by atoms with E-state index in [1.807, 2.05) is 49.4 Å². The van der Waals surface area contributed by atoms with Crippen LogP contribution in [0.1, 0.15) is 30.0 Å². The lowest BCUT2D eigenvalue weighted by atomic mass is 9.91. The highest BCUT2D eigenvalue weighted by Gasteiger charge is 2.49. The molecule has 174 valence electrons. The minimum atomic E-state index is -1.17. The Labute approximate surface area is 199 Å². The third kappa shape index (κ3) is 4.69. The minimum Gasteiger partial charge on any atom is -0.371 e. The summed E-state index contributed by atoms with van der Waals surface area (Å²) in [5.74, 6) is -0.479. The van der Waals surface area contributed by atoms with Crippen LogP contribution in [0.4, 0.5) is 10.5 Å². The summed E-state index contributed by atoms with van der Waals surface area (Å²) in [5.41, 5.74) is 2.86. The average Bonchev–Trinajstić information content (AvgIpc) is 3.33. The molecule has 2 aromatic rings. The number of carbonyl (C=O) groups is 3. The van der Waals surface area contributed by atoms with Crippen molar-refractivity contribution in [3.8, 4) is 0 Å². The monoisotopic (exact) mass is 468 g/mol. The molecular formula is C25H29ClN4O3. The largest absolute Gasteiger partial charge is 0.371 e. The maximum Gasteiger partial charge on any atom is 0.325 e. The van der Waals surface area contributed by atoms with E-state index in [0.717, 1.165) is 35.7 Å². The van der Waals surface area contributed by atoms with E-state index in [1.54, 1.807) is 6.92 Å². The Hall–Kier alpha value is -3.06. The van der Waals surface area contributed by atoms with Gasteiger partial charge in [-0.2, -0.15) is 0 Å². The summed E-state index contributed by atoms with van der Waals surface area (Å²) in [6.07, 6.45) is 0.945. The van der Waals surface area contributed by atoms with Crippen LogP contribution in [0.2, 0.25) is 5.02 Å². The average molecular weight is 469 g/mol. The molecule has 0 spiro atoms. The van der Waals surface area contributed by atoms with Crippen molar-refractivity contribution in [1.29, 1.82) is 0 Å². The Balaban J connectivity index is 1.32. The van der Waals surface area contributed by atoms with Crippen molar-refractivity contribution < 1.29 is 14.4 Å². The lowest BCUT2D eigenvalue weighted by Crippen LogP contribution is -2.44. The number of rotatable bonds is 6. The third-order valence-electron chi connectivity index (χ3n) is 6.59. The summed E-state index contributed by atoms with van der Waals surface area (Å²) in [7, 11) is 0. The van der Waals surface area contributed by atoms with Crippen molar-refractivity contribution in [3.63, 3.8) is 0 Å². The van der Waals surface area contributed by atoms with Gasteiger partial charge in [-0.05, 0) is 56.4 Å². The summed E-state index contributed by atoms with van der Waals surface area (Å²) < 4.78 is 0. The first-order chi connectivity index (χ1) is 15.7. The quantitative estimate of drug-likeness (QED) is 0.637. The highest BCUT2D eigenvalue weighted by atomic mass is 35.5. The Morgan fingerprint density at radius 1 is 1.18 bits per heavy atom. The summed E-state index contributed by atoms with van der Waals surface area (Å²) in [4.78, 5) is 41.4. The zero-order valence-electron chi connectivity index (χ0n) is 19.2. The molecule has 2 N–H and O–H groups in total. The van der Waals surface area contributed by atoms with Gasteiger partial charge in [0, 0.05) is 30.3 Å². The second-order valence-electron chi connectivity index (χ2n) is 9.15. The Morgan fingerprint density at radius 2 is 1.91 bits per heavy atom. The number of aryl methyl sites for hydroxylation is 2. The van der Waals surface area contributed by atoms with Gasteiger partial charge in [-0.25, -0.2) is 4.79 Å². The van der Waals surface area contributed by atoms with Crippen molar-refractivity contribution in [2.45, 2.75) is 32.7 Å². The topological polar surface area (TPSA) is 81.8 Å². The van der Waals surface area contributed by atoms with Gasteiger partial charge < -0.3 is 15.5 Å². The summed E-state index contributed by atoms with van der Waals surface area (Å²) in [6.45, 7) is 7.59. The van der Waals surface area contributed by atoms with Gasteiger partial charge >= 0.3 is 6.03 Å². The molecule has 0 aliphatic carbocycles. The fourth-order valence-corrected chi connectivity index (χ4v) is 4.69. The van der Waals surface area contributed by atoms with Gasteiger partial charge in [0.15, 0.2) is 0 Å². The number of anilines is 1. The van der Waals surface area contributed by atoms with Crippen molar-refractivity contribution in [2.24, 2.45) is 5.92 Å². The van der Waals surface area contributed by atoms with Crippen LogP contribution in [-0.4, -0.2) is 48.9 Å². The smallest absolute Gasteiger partial charge is 0.325 e. The van der Waals surface area contributed by atoms with E-state index in [9.17, 15) is 14.4 Å². The van der Waals surface area contributed by atoms with Gasteiger partial charge in [0.25, 0.3) is 5.91 Å². The molecule has 33 heavy (non-hydrogen) atoms. The molecule has 2 aliphatic rings. The van der Waals surface area contributed by atoms with E-state index >= 15 is 0 Å². The van der Waals surface area contributed by atoms with Crippen LogP contribution in [0.15, 0.2) is 42.5 Å². The van der Waals surface area contributed by atoms with Crippen LogP contribution < -0.4 is 15.5 Å². The fraction of sp³-hybridized carbons (Fsp3) is 0.400. The normalized spacial score (nSPS) is 22.6. The number of benzene rings is 2. The van der Waals surface area contributed by atoms with Crippen molar-refractivity contribution in [3.05, 3.63) is 64.2 Å².